The smallest absolute Gasteiger partial charge is 0.337 e. The average molecular weight is 569 g/mol. The van der Waals surface area contributed by atoms with Crippen LogP contribution in [-0.4, -0.2) is 43.0 Å². The number of rotatable bonds is 6. The van der Waals surface area contributed by atoms with Gasteiger partial charge in [0.2, 0.25) is 11.3 Å². The van der Waals surface area contributed by atoms with Crippen LogP contribution in [0.4, 0.5) is 5.69 Å². The molecule has 8 heteroatoms. The van der Waals surface area contributed by atoms with E-state index in [-0.39, 0.29) is 28.9 Å². The molecule has 2 heterocycles. The van der Waals surface area contributed by atoms with Crippen LogP contribution in [0.3, 0.4) is 0 Å². The van der Waals surface area contributed by atoms with Crippen LogP contribution in [0.25, 0.3) is 16.5 Å². The Hall–Kier alpha value is -4.09. The number of aromatic carboxylic acids is 1. The van der Waals surface area contributed by atoms with Gasteiger partial charge in [0.05, 0.1) is 17.0 Å². The highest BCUT2D eigenvalue weighted by Gasteiger charge is 2.34. The molecule has 3 aromatic rings. The number of hydrogen-bond donors (Lipinski definition) is 2. The lowest BCUT2D eigenvalue weighted by molar-refractivity contribution is -0.132. The van der Waals surface area contributed by atoms with E-state index in [4.69, 9.17) is 4.42 Å². The van der Waals surface area contributed by atoms with Crippen LogP contribution in [-0.2, 0) is 4.79 Å². The Morgan fingerprint density at radius 1 is 1.17 bits per heavy atom. The van der Waals surface area contributed by atoms with Crippen molar-refractivity contribution in [3.05, 3.63) is 80.7 Å². The zero-order chi connectivity index (χ0) is 29.5. The van der Waals surface area contributed by atoms with Crippen LogP contribution in [0.2, 0.25) is 19.6 Å². The second-order valence-corrected chi connectivity index (χ2v) is 16.9. The molecule has 5 rings (SSSR count). The topological polar surface area (TPSA) is 99.8 Å². The number of amides is 1. The van der Waals surface area contributed by atoms with E-state index in [1.54, 1.807) is 24.3 Å². The van der Waals surface area contributed by atoms with Crippen molar-refractivity contribution in [2.45, 2.75) is 58.8 Å². The summed E-state index contributed by atoms with van der Waals surface area (Å²) in [5.41, 5.74) is 7.17. The highest BCUT2D eigenvalue weighted by molar-refractivity contribution is 6.83. The van der Waals surface area contributed by atoms with Crippen molar-refractivity contribution in [2.75, 3.05) is 18.4 Å². The summed E-state index contributed by atoms with van der Waals surface area (Å²) in [6, 6.07) is 10.2. The molecule has 0 spiro atoms. The minimum atomic E-state index is -1.80. The second kappa shape index (κ2) is 11.1. The molecule has 1 amide bonds. The summed E-state index contributed by atoms with van der Waals surface area (Å²) in [5, 5.41) is 13.4. The van der Waals surface area contributed by atoms with Gasteiger partial charge in [-0.05, 0) is 62.4 Å². The van der Waals surface area contributed by atoms with Crippen molar-refractivity contribution in [1.82, 2.24) is 4.90 Å². The summed E-state index contributed by atoms with van der Waals surface area (Å²) < 4.78 is 6.64. The number of para-hydroxylation sites is 1. The molecule has 2 aromatic carbocycles. The molecule has 2 aliphatic rings. The van der Waals surface area contributed by atoms with Gasteiger partial charge in [-0.1, -0.05) is 49.8 Å². The third-order valence-electron chi connectivity index (χ3n) is 7.46. The number of carbonyl (C=O) groups excluding carboxylic acids is 1. The van der Waals surface area contributed by atoms with Crippen molar-refractivity contribution in [3.8, 4) is 11.5 Å². The van der Waals surface area contributed by atoms with Crippen LogP contribution in [0.1, 0.15) is 65.0 Å². The normalized spacial score (nSPS) is 16.0. The fraction of sp³-hybridized carbons (Fsp3) is 0.364. The number of nitrogens with one attached hydrogen (secondary N) is 1. The Bertz CT molecular complexity index is 1700. The number of carbonyl (C=O) groups is 2. The van der Waals surface area contributed by atoms with Gasteiger partial charge in [0.15, 0.2) is 0 Å². The van der Waals surface area contributed by atoms with Crippen LogP contribution in [0.5, 0.6) is 0 Å². The molecule has 1 aliphatic carbocycles. The van der Waals surface area contributed by atoms with Gasteiger partial charge in [0, 0.05) is 30.3 Å². The first-order valence-corrected chi connectivity index (χ1v) is 17.6. The summed E-state index contributed by atoms with van der Waals surface area (Å²) in [6.45, 7) is 11.3. The number of anilines is 1. The zero-order valence-corrected chi connectivity index (χ0v) is 25.3. The Kier molecular flexibility index (Phi) is 7.67. The Morgan fingerprint density at radius 2 is 1.90 bits per heavy atom. The lowest BCUT2D eigenvalue weighted by atomic mass is 9.96. The summed E-state index contributed by atoms with van der Waals surface area (Å²) in [4.78, 5) is 40.4. The Labute approximate surface area is 241 Å². The number of fused-ring (bicyclic) bond motifs is 1. The molecule has 1 fully saturated rings. The number of nitrogens with zero attached hydrogens (tertiary/aromatic N) is 1. The molecule has 1 saturated carbocycles. The first kappa shape index (κ1) is 28.4. The lowest BCUT2D eigenvalue weighted by Crippen LogP contribution is -2.35. The van der Waals surface area contributed by atoms with E-state index in [1.807, 2.05) is 37.0 Å². The SMILES string of the molecule is Cc1cc([C@@H](C)Nc2ccccc2C(=O)O)c2oc(C3=CCN(C(=O)C4CC4)CC3)c(C#C[Si](C)(C)C)c(=O)c2c1. The maximum atomic E-state index is 14.1. The molecule has 2 N–H and O–H groups in total. The molecule has 1 aromatic heterocycles. The van der Waals surface area contributed by atoms with Gasteiger partial charge in [0.25, 0.3) is 0 Å². The quantitative estimate of drug-likeness (QED) is 0.270. The molecule has 212 valence electrons. The fourth-order valence-electron chi connectivity index (χ4n) is 5.16. The molecule has 41 heavy (non-hydrogen) atoms. The molecule has 1 aliphatic heterocycles. The van der Waals surface area contributed by atoms with Crippen molar-refractivity contribution < 1.29 is 19.1 Å². The number of benzene rings is 2. The lowest BCUT2D eigenvalue weighted by Gasteiger charge is -2.27. The van der Waals surface area contributed by atoms with Gasteiger partial charge in [-0.2, -0.15) is 0 Å². The maximum Gasteiger partial charge on any atom is 0.337 e. The second-order valence-electron chi connectivity index (χ2n) is 12.1. The van der Waals surface area contributed by atoms with Crippen LogP contribution in [0.15, 0.2) is 51.7 Å². The first-order valence-electron chi connectivity index (χ1n) is 14.1. The minimum Gasteiger partial charge on any atom is -0.478 e. The highest BCUT2D eigenvalue weighted by Crippen LogP contribution is 2.35. The van der Waals surface area contributed by atoms with Crippen molar-refractivity contribution in [2.24, 2.45) is 5.92 Å². The predicted molar refractivity (Wildman–Crippen MR) is 165 cm³/mol. The standard InChI is InChI=1S/C33H36N2O5Si/c1-20-18-26(21(2)34-28-9-7-6-8-24(28)33(38)39)31-27(19-20)29(36)25(14-17-41(3,4)5)30(40-31)22-12-15-35(16-13-22)32(37)23-10-11-23/h6-9,12,18-19,21,23,34H,10-11,13,15-16H2,1-5H3,(H,38,39)/t21-/m1/s1. The fourth-order valence-corrected chi connectivity index (χ4v) is 5.66. The van der Waals surface area contributed by atoms with Crippen LogP contribution >= 0.6 is 0 Å². The van der Waals surface area contributed by atoms with E-state index >= 15 is 0 Å². The molecular weight excluding hydrogens is 532 g/mol. The Morgan fingerprint density at radius 3 is 2.54 bits per heavy atom. The Balaban J connectivity index is 1.64. The largest absolute Gasteiger partial charge is 0.478 e. The van der Waals surface area contributed by atoms with E-state index in [9.17, 15) is 19.5 Å². The number of aryl methyl sites for hydroxylation is 1. The molecule has 7 nitrogen and oxygen atoms in total. The summed E-state index contributed by atoms with van der Waals surface area (Å²) in [5.74, 6) is 3.02. The van der Waals surface area contributed by atoms with Gasteiger partial charge < -0.3 is 19.7 Å². The molecule has 0 saturated heterocycles. The van der Waals surface area contributed by atoms with E-state index in [0.29, 0.717) is 47.5 Å². The van der Waals surface area contributed by atoms with Crippen molar-refractivity contribution in [1.29, 1.82) is 0 Å². The third kappa shape index (κ3) is 6.15. The van der Waals surface area contributed by atoms with E-state index in [2.05, 4.69) is 36.4 Å². The molecule has 0 bridgehead atoms. The molecule has 1 atom stereocenters. The highest BCUT2D eigenvalue weighted by atomic mass is 28.3. The maximum absolute atomic E-state index is 14.1. The van der Waals surface area contributed by atoms with E-state index < -0.39 is 14.0 Å². The van der Waals surface area contributed by atoms with Gasteiger partial charge >= 0.3 is 5.97 Å². The van der Waals surface area contributed by atoms with Crippen LogP contribution in [0, 0.1) is 24.3 Å². The monoisotopic (exact) mass is 568 g/mol. The van der Waals surface area contributed by atoms with E-state index in [0.717, 1.165) is 29.5 Å². The average Bonchev–Trinajstić information content (AvgIpc) is 3.77. The van der Waals surface area contributed by atoms with Gasteiger partial charge in [-0.15, -0.1) is 5.54 Å². The first-order chi connectivity index (χ1) is 19.4. The van der Waals surface area contributed by atoms with Gasteiger partial charge in [-0.3, -0.25) is 9.59 Å². The van der Waals surface area contributed by atoms with E-state index in [1.165, 1.54) is 0 Å². The number of carboxylic acid groups (broad SMARTS) is 1. The minimum absolute atomic E-state index is 0.160. The van der Waals surface area contributed by atoms with Crippen LogP contribution < -0.4 is 10.7 Å². The van der Waals surface area contributed by atoms with Gasteiger partial charge in [-0.25, -0.2) is 4.79 Å². The molecule has 0 radical (unpaired) electrons. The molecule has 0 unspecified atom stereocenters. The third-order valence-corrected chi connectivity index (χ3v) is 8.34. The summed E-state index contributed by atoms with van der Waals surface area (Å²) in [7, 11) is -1.80. The number of hydrogen-bond acceptors (Lipinski definition) is 5. The zero-order valence-electron chi connectivity index (χ0n) is 24.3. The number of carboxylic acids is 1. The van der Waals surface area contributed by atoms with Crippen molar-refractivity contribution in [3.63, 3.8) is 0 Å². The van der Waals surface area contributed by atoms with Gasteiger partial charge in [0.1, 0.15) is 25.0 Å². The van der Waals surface area contributed by atoms with Crippen molar-refractivity contribution >= 4 is 42.2 Å². The summed E-state index contributed by atoms with van der Waals surface area (Å²) >= 11 is 0. The molecular formula is C33H36N2O5Si. The predicted octanol–water partition coefficient (Wildman–Crippen LogP) is 6.23. The summed E-state index contributed by atoms with van der Waals surface area (Å²) in [6.07, 6.45) is 4.50.